The number of thiocarbonyl (C=S) groups is 1. The van der Waals surface area contributed by atoms with Crippen molar-refractivity contribution >= 4 is 51.9 Å². The van der Waals surface area contributed by atoms with E-state index in [4.69, 9.17) is 12.2 Å². The van der Waals surface area contributed by atoms with Crippen LogP contribution in [0.2, 0.25) is 0 Å². The molecular formula is C23H17N4O5S2-. The van der Waals surface area contributed by atoms with Gasteiger partial charge in [0, 0.05) is 42.0 Å². The van der Waals surface area contributed by atoms with Gasteiger partial charge in [-0.15, -0.1) is 0 Å². The molecule has 34 heavy (non-hydrogen) atoms. The number of carbonyl (C=O) groups excluding carboxylic acids is 2. The molecule has 1 aliphatic rings. The Labute approximate surface area is 203 Å². The molecule has 3 aromatic rings. The van der Waals surface area contributed by atoms with Gasteiger partial charge in [0.25, 0.3) is 11.6 Å². The third-order valence-electron chi connectivity index (χ3n) is 5.02. The van der Waals surface area contributed by atoms with Crippen LogP contribution in [0, 0.1) is 10.1 Å². The van der Waals surface area contributed by atoms with Crippen molar-refractivity contribution in [3.63, 3.8) is 0 Å². The van der Waals surface area contributed by atoms with Crippen molar-refractivity contribution in [3.05, 3.63) is 81.4 Å². The van der Waals surface area contributed by atoms with Gasteiger partial charge in [-0.25, -0.2) is 4.68 Å². The number of rotatable bonds is 8. The van der Waals surface area contributed by atoms with Crippen LogP contribution in [-0.4, -0.2) is 42.3 Å². The normalized spacial score (nSPS) is 14.7. The molecule has 172 valence electrons. The Bertz CT molecular complexity index is 1320. The lowest BCUT2D eigenvalue weighted by Crippen LogP contribution is -2.30. The summed E-state index contributed by atoms with van der Waals surface area (Å²) >= 11 is 6.43. The monoisotopic (exact) mass is 493 g/mol. The Morgan fingerprint density at radius 3 is 2.65 bits per heavy atom. The van der Waals surface area contributed by atoms with Gasteiger partial charge in [0.1, 0.15) is 10.0 Å². The van der Waals surface area contributed by atoms with Gasteiger partial charge in [-0.3, -0.25) is 19.8 Å². The standard InChI is InChI=1S/C23H18N4O5S2/c28-20(29)10-5-11-25-22(30)19(34-23(25)33)13-16-14-26(17-7-2-1-3-8-17)24-21(16)15-6-4-9-18(12-15)27(31)32/h1-4,6-9,12-14H,5,10-11H2,(H,28,29)/p-1/b19-13+. The highest BCUT2D eigenvalue weighted by molar-refractivity contribution is 8.26. The number of carboxylic acids is 1. The number of non-ortho nitro benzene ring substituents is 1. The maximum atomic E-state index is 12.9. The maximum absolute atomic E-state index is 12.9. The van der Waals surface area contributed by atoms with Crippen molar-refractivity contribution in [2.24, 2.45) is 0 Å². The highest BCUT2D eigenvalue weighted by Gasteiger charge is 2.32. The summed E-state index contributed by atoms with van der Waals surface area (Å²) in [5.41, 5.74) is 2.29. The number of para-hydroxylation sites is 1. The first kappa shape index (κ1) is 23.3. The van der Waals surface area contributed by atoms with E-state index in [0.717, 1.165) is 17.4 Å². The molecule has 0 saturated carbocycles. The Morgan fingerprint density at radius 2 is 1.94 bits per heavy atom. The van der Waals surface area contributed by atoms with Crippen molar-refractivity contribution in [2.45, 2.75) is 12.8 Å². The molecule has 0 radical (unpaired) electrons. The molecule has 0 N–H and O–H groups in total. The number of carboxylic acid groups (broad SMARTS) is 1. The predicted molar refractivity (Wildman–Crippen MR) is 130 cm³/mol. The molecule has 1 aromatic heterocycles. The zero-order valence-electron chi connectivity index (χ0n) is 17.6. The number of amides is 1. The molecule has 1 amide bonds. The number of benzene rings is 2. The van der Waals surface area contributed by atoms with E-state index in [9.17, 15) is 24.8 Å². The molecular weight excluding hydrogens is 476 g/mol. The Kier molecular flexibility index (Phi) is 6.85. The van der Waals surface area contributed by atoms with E-state index in [2.05, 4.69) is 5.10 Å². The molecule has 1 aliphatic heterocycles. The summed E-state index contributed by atoms with van der Waals surface area (Å²) in [4.78, 5) is 36.1. The highest BCUT2D eigenvalue weighted by Crippen LogP contribution is 2.35. The van der Waals surface area contributed by atoms with Crippen LogP contribution in [0.25, 0.3) is 23.0 Å². The molecule has 2 heterocycles. The van der Waals surface area contributed by atoms with Crippen molar-refractivity contribution in [1.82, 2.24) is 14.7 Å². The zero-order valence-corrected chi connectivity index (χ0v) is 19.3. The van der Waals surface area contributed by atoms with Crippen LogP contribution in [0.1, 0.15) is 18.4 Å². The van der Waals surface area contributed by atoms with Crippen molar-refractivity contribution in [2.75, 3.05) is 6.54 Å². The van der Waals surface area contributed by atoms with Gasteiger partial charge in [0.15, 0.2) is 0 Å². The van der Waals surface area contributed by atoms with Gasteiger partial charge in [0.05, 0.1) is 15.5 Å². The molecule has 0 spiro atoms. The first-order valence-corrected chi connectivity index (χ1v) is 11.4. The first-order valence-electron chi connectivity index (χ1n) is 10.2. The minimum absolute atomic E-state index is 0.0723. The largest absolute Gasteiger partial charge is 0.550 e. The maximum Gasteiger partial charge on any atom is 0.270 e. The third-order valence-corrected chi connectivity index (χ3v) is 6.39. The molecule has 1 fully saturated rings. The summed E-state index contributed by atoms with van der Waals surface area (Å²) in [6.07, 6.45) is 3.45. The minimum Gasteiger partial charge on any atom is -0.550 e. The van der Waals surface area contributed by atoms with Crippen LogP contribution < -0.4 is 5.11 Å². The van der Waals surface area contributed by atoms with Gasteiger partial charge >= 0.3 is 0 Å². The topological polar surface area (TPSA) is 121 Å². The van der Waals surface area contributed by atoms with Crippen LogP contribution in [0.5, 0.6) is 0 Å². The fourth-order valence-electron chi connectivity index (χ4n) is 3.41. The highest BCUT2D eigenvalue weighted by atomic mass is 32.2. The molecule has 0 aliphatic carbocycles. The summed E-state index contributed by atoms with van der Waals surface area (Å²) in [5.74, 6) is -1.51. The smallest absolute Gasteiger partial charge is 0.270 e. The third kappa shape index (κ3) is 5.05. The lowest BCUT2D eigenvalue weighted by molar-refractivity contribution is -0.384. The molecule has 4 rings (SSSR count). The van der Waals surface area contributed by atoms with Crippen LogP contribution in [0.3, 0.4) is 0 Å². The van der Waals surface area contributed by atoms with E-state index in [1.165, 1.54) is 17.0 Å². The lowest BCUT2D eigenvalue weighted by atomic mass is 10.1. The lowest BCUT2D eigenvalue weighted by Gasteiger charge is -2.14. The number of aromatic nitrogens is 2. The van der Waals surface area contributed by atoms with E-state index in [0.29, 0.717) is 26.0 Å². The fourth-order valence-corrected chi connectivity index (χ4v) is 4.71. The predicted octanol–water partition coefficient (Wildman–Crippen LogP) is 3.18. The van der Waals surface area contributed by atoms with Gasteiger partial charge in [-0.1, -0.05) is 54.3 Å². The fraction of sp³-hybridized carbons (Fsp3) is 0.130. The van der Waals surface area contributed by atoms with E-state index >= 15 is 0 Å². The quantitative estimate of drug-likeness (QED) is 0.203. The molecule has 0 bridgehead atoms. The Morgan fingerprint density at radius 1 is 1.18 bits per heavy atom. The van der Waals surface area contributed by atoms with E-state index in [1.807, 2.05) is 30.3 Å². The number of hydrogen-bond donors (Lipinski definition) is 0. The van der Waals surface area contributed by atoms with Crippen LogP contribution >= 0.6 is 24.0 Å². The van der Waals surface area contributed by atoms with E-state index in [-0.39, 0.29) is 31.0 Å². The van der Waals surface area contributed by atoms with Crippen LogP contribution in [-0.2, 0) is 9.59 Å². The SMILES string of the molecule is O=C([O-])CCCN1C(=O)/C(=C\c2cn(-c3ccccc3)nc2-c2cccc([N+](=O)[O-])c2)SC1=S. The number of hydrogen-bond acceptors (Lipinski definition) is 8. The van der Waals surface area contributed by atoms with Crippen molar-refractivity contribution in [1.29, 1.82) is 0 Å². The summed E-state index contributed by atoms with van der Waals surface area (Å²) < 4.78 is 1.97. The molecule has 1 saturated heterocycles. The zero-order chi connectivity index (χ0) is 24.2. The molecule has 2 aromatic carbocycles. The molecule has 0 atom stereocenters. The van der Waals surface area contributed by atoms with Crippen molar-refractivity contribution in [3.8, 4) is 16.9 Å². The van der Waals surface area contributed by atoms with Crippen LogP contribution in [0.15, 0.2) is 65.7 Å². The summed E-state index contributed by atoms with van der Waals surface area (Å²) in [5, 5.41) is 26.6. The number of thioether (sulfide) groups is 1. The molecule has 0 unspecified atom stereocenters. The van der Waals surface area contributed by atoms with Gasteiger partial charge < -0.3 is 9.90 Å². The number of nitro groups is 1. The molecule has 9 nitrogen and oxygen atoms in total. The second-order valence-electron chi connectivity index (χ2n) is 7.33. The van der Waals surface area contributed by atoms with Gasteiger partial charge in [0.2, 0.25) is 0 Å². The minimum atomic E-state index is -1.18. The summed E-state index contributed by atoms with van der Waals surface area (Å²) in [7, 11) is 0. The second kappa shape index (κ2) is 9.98. The number of nitro benzene ring substituents is 1. The van der Waals surface area contributed by atoms with Crippen LogP contribution in [0.4, 0.5) is 5.69 Å². The summed E-state index contributed by atoms with van der Waals surface area (Å²) in [6.45, 7) is 0.178. The Hall–Kier alpha value is -3.83. The average molecular weight is 494 g/mol. The Balaban J connectivity index is 1.73. The van der Waals surface area contributed by atoms with Crippen molar-refractivity contribution < 1.29 is 19.6 Å². The molecule has 11 heteroatoms. The first-order chi connectivity index (χ1) is 16.3. The average Bonchev–Trinajstić information content (AvgIpc) is 3.36. The van der Waals surface area contributed by atoms with E-state index in [1.54, 1.807) is 29.1 Å². The second-order valence-corrected chi connectivity index (χ2v) is 9.01. The number of aliphatic carboxylic acids is 1. The van der Waals surface area contributed by atoms with E-state index < -0.39 is 10.9 Å². The van der Waals surface area contributed by atoms with Gasteiger partial charge in [-0.05, 0) is 31.1 Å². The number of nitrogens with zero attached hydrogens (tertiary/aromatic N) is 4. The van der Waals surface area contributed by atoms with Gasteiger partial charge in [-0.2, -0.15) is 5.10 Å². The number of carbonyl (C=O) groups is 2. The summed E-state index contributed by atoms with van der Waals surface area (Å²) in [6, 6.07) is 15.5.